The smallest absolute Gasteiger partial charge is 0.220 e. The van der Waals surface area contributed by atoms with Gasteiger partial charge in [0.25, 0.3) is 0 Å². The number of carbonyl (C=O) groups is 2. The fourth-order valence-corrected chi connectivity index (χ4v) is 5.46. The van der Waals surface area contributed by atoms with Gasteiger partial charge in [-0.1, -0.05) is 55.8 Å². The van der Waals surface area contributed by atoms with E-state index in [1.54, 1.807) is 0 Å². The van der Waals surface area contributed by atoms with Crippen LogP contribution in [-0.2, 0) is 43.3 Å². The van der Waals surface area contributed by atoms with E-state index in [4.69, 9.17) is 30.7 Å². The summed E-state index contributed by atoms with van der Waals surface area (Å²) < 4.78 is 18.6. The van der Waals surface area contributed by atoms with E-state index < -0.39 is 0 Å². The summed E-state index contributed by atoms with van der Waals surface area (Å²) in [7, 11) is 0. The van der Waals surface area contributed by atoms with Crippen molar-refractivity contribution in [2.24, 2.45) is 5.73 Å². The number of nitrogen functional groups attached to an aromatic ring is 1. The Balaban J connectivity index is 1.13. The number of para-hydroxylation sites is 1. The molecule has 266 valence electrons. The number of carbonyl (C=O) groups excluding carboxylic acids is 2. The molecule has 49 heavy (non-hydrogen) atoms. The number of aryl methyl sites for hydroxylation is 1. The lowest BCUT2D eigenvalue weighted by molar-refractivity contribution is -0.122. The van der Waals surface area contributed by atoms with Crippen LogP contribution in [0, 0.1) is 0 Å². The van der Waals surface area contributed by atoms with E-state index in [-0.39, 0.29) is 11.8 Å². The van der Waals surface area contributed by atoms with Crippen molar-refractivity contribution >= 4 is 39.6 Å². The highest BCUT2D eigenvalue weighted by Gasteiger charge is 2.17. The summed E-state index contributed by atoms with van der Waals surface area (Å²) in [5.74, 6) is 1.33. The van der Waals surface area contributed by atoms with Crippen molar-refractivity contribution in [2.75, 3.05) is 58.5 Å². The fraction of sp³-hybridized carbons (Fsp3) is 0.514. The molecular weight excluding hydrogens is 622 g/mol. The molecule has 0 bridgehead atoms. The zero-order valence-electron chi connectivity index (χ0n) is 28.9. The Labute approximate surface area is 289 Å². The normalized spacial score (nSPS) is 11.4. The van der Waals surface area contributed by atoms with Crippen molar-refractivity contribution in [2.45, 2.75) is 71.4 Å². The molecule has 0 aliphatic carbocycles. The van der Waals surface area contributed by atoms with Crippen molar-refractivity contribution in [1.29, 1.82) is 0 Å². The molecule has 0 saturated heterocycles. The van der Waals surface area contributed by atoms with Gasteiger partial charge in [-0.15, -0.1) is 0 Å². The number of hydrogen-bond donors (Lipinski definition) is 4. The highest BCUT2D eigenvalue weighted by molar-refractivity contribution is 6.06. The van der Waals surface area contributed by atoms with Gasteiger partial charge in [-0.05, 0) is 49.4 Å². The van der Waals surface area contributed by atoms with Crippen molar-refractivity contribution in [3.05, 3.63) is 65.5 Å². The molecule has 2 aromatic heterocycles. The molecule has 0 atom stereocenters. The average molecular weight is 676 g/mol. The third-order valence-electron chi connectivity index (χ3n) is 8.13. The summed E-state index contributed by atoms with van der Waals surface area (Å²) in [6, 6.07) is 16.3. The van der Waals surface area contributed by atoms with Crippen LogP contribution in [0.5, 0.6) is 0 Å². The number of anilines is 1. The Morgan fingerprint density at radius 1 is 0.776 bits per heavy atom. The fourth-order valence-electron chi connectivity index (χ4n) is 5.46. The number of nitrogens with zero attached hydrogens (tertiary/aromatic N) is 3. The molecule has 12 heteroatoms. The van der Waals surface area contributed by atoms with Gasteiger partial charge in [0.2, 0.25) is 11.8 Å². The van der Waals surface area contributed by atoms with E-state index in [1.165, 1.54) is 0 Å². The molecule has 0 aliphatic heterocycles. The van der Waals surface area contributed by atoms with Crippen molar-refractivity contribution < 1.29 is 23.8 Å². The van der Waals surface area contributed by atoms with Crippen molar-refractivity contribution in [1.82, 2.24) is 25.2 Å². The van der Waals surface area contributed by atoms with Gasteiger partial charge in [-0.2, -0.15) is 0 Å². The molecule has 2 amide bonds. The number of hydrogen-bond acceptors (Lipinski definition) is 9. The number of benzene rings is 2. The van der Waals surface area contributed by atoms with Gasteiger partial charge in [0, 0.05) is 57.5 Å². The molecule has 6 N–H and O–H groups in total. The number of ether oxygens (including phenoxy) is 3. The second kappa shape index (κ2) is 21.1. The molecule has 4 aromatic rings. The van der Waals surface area contributed by atoms with Crippen molar-refractivity contribution in [3.8, 4) is 0 Å². The van der Waals surface area contributed by atoms with Gasteiger partial charge in [-0.25, -0.2) is 9.97 Å². The lowest BCUT2D eigenvalue weighted by Gasteiger charge is -2.12. The molecule has 0 saturated carbocycles. The van der Waals surface area contributed by atoms with Crippen LogP contribution in [0.4, 0.5) is 5.82 Å². The number of nitrogens with one attached hydrogen (secondary N) is 2. The molecule has 4 rings (SSSR count). The highest BCUT2D eigenvalue weighted by atomic mass is 16.5. The van der Waals surface area contributed by atoms with Gasteiger partial charge in [-0.3, -0.25) is 9.59 Å². The maximum atomic E-state index is 12.4. The molecule has 0 unspecified atom stereocenters. The molecule has 12 nitrogen and oxygen atoms in total. The number of amides is 2. The van der Waals surface area contributed by atoms with Gasteiger partial charge in [0.15, 0.2) is 5.82 Å². The Morgan fingerprint density at radius 2 is 1.43 bits per heavy atom. The zero-order chi connectivity index (χ0) is 34.7. The molecule has 0 spiro atoms. The van der Waals surface area contributed by atoms with Crippen LogP contribution in [0.25, 0.3) is 21.9 Å². The Morgan fingerprint density at radius 3 is 2.14 bits per heavy atom. The number of aromatic nitrogens is 3. The summed E-state index contributed by atoms with van der Waals surface area (Å²) in [5, 5.41) is 6.89. The van der Waals surface area contributed by atoms with E-state index >= 15 is 0 Å². The van der Waals surface area contributed by atoms with E-state index in [0.717, 1.165) is 71.0 Å². The van der Waals surface area contributed by atoms with Crippen LogP contribution in [-0.4, -0.2) is 79.1 Å². The van der Waals surface area contributed by atoms with Crippen LogP contribution < -0.4 is 22.1 Å². The van der Waals surface area contributed by atoms with Crippen LogP contribution in [0.1, 0.15) is 68.8 Å². The number of rotatable bonds is 24. The summed E-state index contributed by atoms with van der Waals surface area (Å²) in [5.41, 5.74) is 16.5. The molecule has 0 fully saturated rings. The van der Waals surface area contributed by atoms with Crippen LogP contribution >= 0.6 is 0 Å². The Kier molecular flexibility index (Phi) is 16.2. The highest BCUT2D eigenvalue weighted by Crippen LogP contribution is 2.30. The van der Waals surface area contributed by atoms with Crippen LogP contribution in [0.15, 0.2) is 48.5 Å². The summed E-state index contributed by atoms with van der Waals surface area (Å²) in [6.45, 7) is 7.75. The van der Waals surface area contributed by atoms with Crippen LogP contribution in [0.2, 0.25) is 0 Å². The minimum Gasteiger partial charge on any atom is -0.382 e. The van der Waals surface area contributed by atoms with E-state index in [9.17, 15) is 9.59 Å². The van der Waals surface area contributed by atoms with Gasteiger partial charge >= 0.3 is 0 Å². The summed E-state index contributed by atoms with van der Waals surface area (Å²) >= 11 is 0. The standard InChI is InChI=1S/C37H53N7O5/c1-2-3-11-32-43-35-36(30-9-4-5-10-31(30)42-37(35)39)44(32)27-29-16-14-28(15-17-29)26-41-34(46)13-6-12-33(45)40-19-8-21-48-23-25-49-24-22-47-20-7-18-38/h4-5,9-10,14-17H,2-3,6-8,11-13,18-27,38H2,1H3,(H2,39,42)(H,40,45)(H,41,46). The maximum Gasteiger partial charge on any atom is 0.220 e. The second-order valence-corrected chi connectivity index (χ2v) is 12.1. The first-order chi connectivity index (χ1) is 24.0. The van der Waals surface area contributed by atoms with E-state index in [1.807, 2.05) is 30.3 Å². The van der Waals surface area contributed by atoms with Gasteiger partial charge < -0.3 is 40.9 Å². The summed E-state index contributed by atoms with van der Waals surface area (Å²) in [6.07, 6.45) is 5.66. The number of imidazole rings is 1. The first-order valence-electron chi connectivity index (χ1n) is 17.6. The predicted octanol–water partition coefficient (Wildman–Crippen LogP) is 4.25. The van der Waals surface area contributed by atoms with Crippen LogP contribution in [0.3, 0.4) is 0 Å². The first-order valence-corrected chi connectivity index (χ1v) is 17.6. The lowest BCUT2D eigenvalue weighted by atomic mass is 10.1. The van der Waals surface area contributed by atoms with Gasteiger partial charge in [0.05, 0.1) is 37.5 Å². The number of unbranched alkanes of at least 4 members (excludes halogenated alkanes) is 1. The number of nitrogens with two attached hydrogens (primary N) is 2. The maximum absolute atomic E-state index is 12.4. The molecule has 2 aromatic carbocycles. The molecule has 2 heterocycles. The largest absolute Gasteiger partial charge is 0.382 e. The van der Waals surface area contributed by atoms with E-state index in [2.05, 4.69) is 45.3 Å². The molecular formula is C37H53N7O5. The predicted molar refractivity (Wildman–Crippen MR) is 193 cm³/mol. The third-order valence-corrected chi connectivity index (χ3v) is 8.13. The first kappa shape index (κ1) is 37.7. The number of pyridine rings is 1. The topological polar surface area (TPSA) is 169 Å². The zero-order valence-corrected chi connectivity index (χ0v) is 28.9. The third kappa shape index (κ3) is 12.4. The lowest BCUT2D eigenvalue weighted by Crippen LogP contribution is -2.26. The minimum absolute atomic E-state index is 0.0585. The number of fused-ring (bicyclic) bond motifs is 3. The molecule has 0 aliphatic rings. The SMILES string of the molecule is CCCCc1nc2c(N)nc3ccccc3c2n1Cc1ccc(CNC(=O)CCCC(=O)NCCCOCCOCCOCCCN)cc1. The quantitative estimate of drug-likeness (QED) is 0.0794. The summed E-state index contributed by atoms with van der Waals surface area (Å²) in [4.78, 5) is 34.1. The second-order valence-electron chi connectivity index (χ2n) is 12.1. The average Bonchev–Trinajstić information content (AvgIpc) is 3.47. The minimum atomic E-state index is -0.0712. The Hall–Kier alpha value is -4.10. The van der Waals surface area contributed by atoms with Crippen molar-refractivity contribution in [3.63, 3.8) is 0 Å². The molecule has 0 radical (unpaired) electrons. The monoisotopic (exact) mass is 675 g/mol. The van der Waals surface area contributed by atoms with Gasteiger partial charge in [0.1, 0.15) is 11.3 Å². The van der Waals surface area contributed by atoms with E-state index in [0.29, 0.717) is 90.9 Å². The Bertz CT molecular complexity index is 1590.